The molecule has 1 heterocycles. The van der Waals surface area contributed by atoms with E-state index in [1.165, 1.54) is 0 Å². The van der Waals surface area contributed by atoms with E-state index in [2.05, 4.69) is 21.2 Å². The van der Waals surface area contributed by atoms with Crippen LogP contribution in [0.1, 0.15) is 12.5 Å². The van der Waals surface area contributed by atoms with E-state index in [4.69, 9.17) is 5.73 Å². The summed E-state index contributed by atoms with van der Waals surface area (Å²) in [7, 11) is 0. The molecule has 0 aliphatic carbocycles. The zero-order valence-electron chi connectivity index (χ0n) is 7.62. The van der Waals surface area contributed by atoms with Gasteiger partial charge in [0.15, 0.2) is 0 Å². The monoisotopic (exact) mass is 298 g/mol. The third-order valence-corrected chi connectivity index (χ3v) is 3.06. The van der Waals surface area contributed by atoms with Gasteiger partial charge in [0, 0.05) is 6.54 Å². The Morgan fingerprint density at radius 2 is 2.43 bits per heavy atom. The zero-order chi connectivity index (χ0) is 9.84. The van der Waals surface area contributed by atoms with Crippen molar-refractivity contribution in [3.63, 3.8) is 0 Å². The van der Waals surface area contributed by atoms with Crippen LogP contribution in [0.5, 0.6) is 0 Å². The van der Waals surface area contributed by atoms with Crippen molar-refractivity contribution >= 4 is 45.6 Å². The minimum absolute atomic E-state index is 0. The van der Waals surface area contributed by atoms with Crippen LogP contribution in [-0.2, 0) is 11.3 Å². The minimum atomic E-state index is -0.443. The SMILES string of the molecule is C[C@@H](N)C(=O)NCc1csc(Br)c1.Cl. The highest BCUT2D eigenvalue weighted by molar-refractivity contribution is 9.11. The summed E-state index contributed by atoms with van der Waals surface area (Å²) in [5.41, 5.74) is 6.48. The molecule has 0 aliphatic heterocycles. The molecule has 0 radical (unpaired) electrons. The van der Waals surface area contributed by atoms with Gasteiger partial charge in [-0.1, -0.05) is 0 Å². The van der Waals surface area contributed by atoms with Crippen molar-refractivity contribution in [2.45, 2.75) is 19.5 Å². The number of nitrogens with two attached hydrogens (primary N) is 1. The summed E-state index contributed by atoms with van der Waals surface area (Å²) in [6.07, 6.45) is 0. The summed E-state index contributed by atoms with van der Waals surface area (Å²) in [6.45, 7) is 2.21. The number of rotatable bonds is 3. The number of carbonyl (C=O) groups is 1. The van der Waals surface area contributed by atoms with Gasteiger partial charge in [-0.15, -0.1) is 23.7 Å². The highest BCUT2D eigenvalue weighted by atomic mass is 79.9. The van der Waals surface area contributed by atoms with E-state index in [1.54, 1.807) is 18.3 Å². The molecule has 0 saturated heterocycles. The predicted molar refractivity (Wildman–Crippen MR) is 64.8 cm³/mol. The summed E-state index contributed by atoms with van der Waals surface area (Å²) in [6, 6.07) is 1.54. The Labute approximate surface area is 102 Å². The lowest BCUT2D eigenvalue weighted by atomic mass is 10.3. The number of nitrogens with one attached hydrogen (secondary N) is 1. The van der Waals surface area contributed by atoms with Crippen molar-refractivity contribution in [2.24, 2.45) is 5.73 Å². The highest BCUT2D eigenvalue weighted by Gasteiger charge is 2.06. The second-order valence-electron chi connectivity index (χ2n) is 2.77. The Bertz CT molecular complexity index is 303. The van der Waals surface area contributed by atoms with E-state index in [0.717, 1.165) is 9.35 Å². The lowest BCUT2D eigenvalue weighted by molar-refractivity contribution is -0.122. The lowest BCUT2D eigenvalue weighted by Gasteiger charge is -2.05. The topological polar surface area (TPSA) is 55.1 Å². The van der Waals surface area contributed by atoms with E-state index < -0.39 is 6.04 Å². The number of hydrogen-bond donors (Lipinski definition) is 2. The lowest BCUT2D eigenvalue weighted by Crippen LogP contribution is -2.37. The quantitative estimate of drug-likeness (QED) is 0.895. The summed E-state index contributed by atoms with van der Waals surface area (Å²) < 4.78 is 1.07. The van der Waals surface area contributed by atoms with Crippen LogP contribution in [0.2, 0.25) is 0 Å². The van der Waals surface area contributed by atoms with Gasteiger partial charge in [-0.05, 0) is 39.9 Å². The van der Waals surface area contributed by atoms with Gasteiger partial charge in [0.2, 0.25) is 5.91 Å². The van der Waals surface area contributed by atoms with Gasteiger partial charge >= 0.3 is 0 Å². The molecule has 0 unspecified atom stereocenters. The highest BCUT2D eigenvalue weighted by Crippen LogP contribution is 2.20. The largest absolute Gasteiger partial charge is 0.351 e. The summed E-state index contributed by atoms with van der Waals surface area (Å²) in [5, 5.41) is 4.73. The van der Waals surface area contributed by atoms with Crippen molar-refractivity contribution in [1.29, 1.82) is 0 Å². The van der Waals surface area contributed by atoms with Crippen LogP contribution >= 0.6 is 39.7 Å². The van der Waals surface area contributed by atoms with Gasteiger partial charge < -0.3 is 11.1 Å². The Morgan fingerprint density at radius 1 is 1.79 bits per heavy atom. The molecule has 0 aromatic carbocycles. The molecule has 1 aromatic rings. The van der Waals surface area contributed by atoms with Gasteiger partial charge in [0.25, 0.3) is 0 Å². The molecule has 1 atom stereocenters. The Hall–Kier alpha value is -0.100. The van der Waals surface area contributed by atoms with Crippen LogP contribution in [0.15, 0.2) is 15.2 Å². The van der Waals surface area contributed by atoms with Crippen LogP contribution < -0.4 is 11.1 Å². The molecule has 6 heteroatoms. The molecule has 0 bridgehead atoms. The molecule has 1 rings (SSSR count). The first kappa shape index (κ1) is 13.9. The number of halogens is 2. The van der Waals surface area contributed by atoms with Crippen LogP contribution in [-0.4, -0.2) is 11.9 Å². The molecule has 3 N–H and O–H groups in total. The van der Waals surface area contributed by atoms with Crippen LogP contribution in [0, 0.1) is 0 Å². The van der Waals surface area contributed by atoms with E-state index >= 15 is 0 Å². The van der Waals surface area contributed by atoms with Crippen molar-refractivity contribution in [2.75, 3.05) is 0 Å². The number of carbonyl (C=O) groups excluding carboxylic acids is 1. The van der Waals surface area contributed by atoms with Gasteiger partial charge in [-0.3, -0.25) is 4.79 Å². The van der Waals surface area contributed by atoms with Crippen molar-refractivity contribution in [1.82, 2.24) is 5.32 Å². The Kier molecular flexibility index (Phi) is 6.35. The molecule has 80 valence electrons. The Morgan fingerprint density at radius 3 is 2.86 bits per heavy atom. The summed E-state index contributed by atoms with van der Waals surface area (Å²) in [4.78, 5) is 11.1. The third kappa shape index (κ3) is 4.41. The van der Waals surface area contributed by atoms with Crippen LogP contribution in [0.4, 0.5) is 0 Å². The molecule has 3 nitrogen and oxygen atoms in total. The molecule has 0 spiro atoms. The average molecular weight is 300 g/mol. The van der Waals surface area contributed by atoms with E-state index in [1.807, 2.05) is 11.4 Å². The molecule has 14 heavy (non-hydrogen) atoms. The predicted octanol–water partition coefficient (Wildman–Crippen LogP) is 1.90. The molecular formula is C8H12BrClN2OS. The third-order valence-electron chi connectivity index (χ3n) is 1.50. The van der Waals surface area contributed by atoms with Crippen molar-refractivity contribution < 1.29 is 4.79 Å². The van der Waals surface area contributed by atoms with Gasteiger partial charge in [0.1, 0.15) is 0 Å². The minimum Gasteiger partial charge on any atom is -0.351 e. The van der Waals surface area contributed by atoms with Crippen molar-refractivity contribution in [3.05, 3.63) is 20.8 Å². The van der Waals surface area contributed by atoms with E-state index in [-0.39, 0.29) is 18.3 Å². The standard InChI is InChI=1S/C8H11BrN2OS.ClH/c1-5(10)8(12)11-3-6-2-7(9)13-4-6;/h2,4-5H,3,10H2,1H3,(H,11,12);1H/t5-;/m1./s1. The van der Waals surface area contributed by atoms with Crippen LogP contribution in [0.25, 0.3) is 0 Å². The molecule has 0 saturated carbocycles. The fourth-order valence-corrected chi connectivity index (χ4v) is 2.00. The number of amides is 1. The molecule has 1 amide bonds. The first-order chi connectivity index (χ1) is 6.09. The summed E-state index contributed by atoms with van der Waals surface area (Å²) in [5.74, 6) is -0.123. The van der Waals surface area contributed by atoms with Crippen LogP contribution in [0.3, 0.4) is 0 Å². The number of hydrogen-bond acceptors (Lipinski definition) is 3. The fraction of sp³-hybridized carbons (Fsp3) is 0.375. The smallest absolute Gasteiger partial charge is 0.236 e. The maximum Gasteiger partial charge on any atom is 0.236 e. The zero-order valence-corrected chi connectivity index (χ0v) is 10.8. The van der Waals surface area contributed by atoms with Gasteiger partial charge in [0.05, 0.1) is 9.83 Å². The Balaban J connectivity index is 0.00000169. The van der Waals surface area contributed by atoms with Gasteiger partial charge in [-0.2, -0.15) is 0 Å². The maximum absolute atomic E-state index is 11.1. The van der Waals surface area contributed by atoms with E-state index in [0.29, 0.717) is 6.54 Å². The summed E-state index contributed by atoms with van der Waals surface area (Å²) >= 11 is 4.95. The number of thiophene rings is 1. The molecule has 0 aliphatic rings. The van der Waals surface area contributed by atoms with Gasteiger partial charge in [-0.25, -0.2) is 0 Å². The molecular weight excluding hydrogens is 288 g/mol. The van der Waals surface area contributed by atoms with E-state index in [9.17, 15) is 4.79 Å². The van der Waals surface area contributed by atoms with Crippen molar-refractivity contribution in [3.8, 4) is 0 Å². The second kappa shape index (κ2) is 6.40. The molecule has 1 aromatic heterocycles. The maximum atomic E-state index is 11.1. The average Bonchev–Trinajstić information content (AvgIpc) is 2.47. The first-order valence-corrected chi connectivity index (χ1v) is 5.53. The first-order valence-electron chi connectivity index (χ1n) is 3.86. The second-order valence-corrected chi connectivity index (χ2v) is 5.06. The fourth-order valence-electron chi connectivity index (χ4n) is 0.789. The normalized spacial score (nSPS) is 11.6. The molecule has 0 fully saturated rings.